The van der Waals surface area contributed by atoms with Gasteiger partial charge in [-0.3, -0.25) is 14.5 Å². The van der Waals surface area contributed by atoms with Crippen LogP contribution in [0.1, 0.15) is 24.0 Å². The van der Waals surface area contributed by atoms with Gasteiger partial charge in [-0.2, -0.15) is 0 Å². The maximum atomic E-state index is 13.6. The second-order valence-corrected chi connectivity index (χ2v) is 7.44. The van der Waals surface area contributed by atoms with Crippen LogP contribution in [0.15, 0.2) is 91.0 Å². The van der Waals surface area contributed by atoms with Crippen LogP contribution in [0.3, 0.4) is 0 Å². The quantitative estimate of drug-likeness (QED) is 0.658. The summed E-state index contributed by atoms with van der Waals surface area (Å²) in [5.41, 5.74) is 1.74. The smallest absolute Gasteiger partial charge is 0.241 e. The van der Waals surface area contributed by atoms with Crippen LogP contribution in [0.4, 0.5) is 5.69 Å². The third-order valence-corrected chi connectivity index (χ3v) is 6.12. The van der Waals surface area contributed by atoms with E-state index in [1.807, 2.05) is 66.7 Å². The molecule has 5 rings (SSSR count). The van der Waals surface area contributed by atoms with Crippen LogP contribution in [-0.2, 0) is 15.0 Å². The molecule has 0 bridgehead atoms. The lowest BCUT2D eigenvalue weighted by molar-refractivity contribution is -0.123. The van der Waals surface area contributed by atoms with Crippen molar-refractivity contribution in [2.24, 2.45) is 5.41 Å². The molecule has 2 fully saturated rings. The standard InChI is InChI=1S/C24H19NO2/c26-21-16-23(22(27)25(21)20-14-8-3-9-15-20)17-24(23,18-10-4-1-5-11-18)19-12-6-2-7-13-19/h1-15H,16-17H2. The van der Waals surface area contributed by atoms with E-state index in [9.17, 15) is 9.59 Å². The third kappa shape index (κ3) is 2.08. The van der Waals surface area contributed by atoms with E-state index < -0.39 is 10.8 Å². The normalized spacial score (nSPS) is 23.0. The molecule has 1 aliphatic heterocycles. The van der Waals surface area contributed by atoms with Gasteiger partial charge in [0.1, 0.15) is 0 Å². The highest BCUT2D eigenvalue weighted by Gasteiger charge is 2.77. The van der Waals surface area contributed by atoms with Gasteiger partial charge in [-0.05, 0) is 29.7 Å². The molecule has 27 heavy (non-hydrogen) atoms. The number of nitrogens with zero attached hydrogens (tertiary/aromatic N) is 1. The van der Waals surface area contributed by atoms with Crippen LogP contribution in [0, 0.1) is 5.41 Å². The zero-order valence-electron chi connectivity index (χ0n) is 14.8. The first kappa shape index (κ1) is 16.0. The van der Waals surface area contributed by atoms with Crippen molar-refractivity contribution < 1.29 is 9.59 Å². The Morgan fingerprint density at radius 2 is 1.15 bits per heavy atom. The molecule has 1 atom stereocenters. The minimum Gasteiger partial charge on any atom is -0.274 e. The van der Waals surface area contributed by atoms with Crippen LogP contribution in [0.5, 0.6) is 0 Å². The van der Waals surface area contributed by atoms with E-state index in [4.69, 9.17) is 0 Å². The second-order valence-electron chi connectivity index (χ2n) is 7.44. The Labute approximate surface area is 158 Å². The van der Waals surface area contributed by atoms with Crippen molar-refractivity contribution in [1.29, 1.82) is 0 Å². The molecule has 2 amide bonds. The molecule has 2 aliphatic rings. The van der Waals surface area contributed by atoms with Gasteiger partial charge in [0, 0.05) is 11.8 Å². The Morgan fingerprint density at radius 3 is 1.67 bits per heavy atom. The number of imide groups is 1. The topological polar surface area (TPSA) is 37.4 Å². The minimum absolute atomic E-state index is 0.0774. The van der Waals surface area contributed by atoms with E-state index in [0.717, 1.165) is 11.1 Å². The van der Waals surface area contributed by atoms with Gasteiger partial charge in [-0.25, -0.2) is 0 Å². The highest BCUT2D eigenvalue weighted by Crippen LogP contribution is 2.72. The maximum Gasteiger partial charge on any atom is 0.241 e. The van der Waals surface area contributed by atoms with Gasteiger partial charge in [-0.1, -0.05) is 78.9 Å². The van der Waals surface area contributed by atoms with Crippen molar-refractivity contribution >= 4 is 17.5 Å². The van der Waals surface area contributed by atoms with Crippen LogP contribution < -0.4 is 4.90 Å². The number of carbonyl (C=O) groups excluding carboxylic acids is 2. The minimum atomic E-state index is -0.692. The number of carbonyl (C=O) groups is 2. The van der Waals surface area contributed by atoms with E-state index in [1.54, 1.807) is 0 Å². The number of amides is 2. The van der Waals surface area contributed by atoms with Crippen LogP contribution in [0.2, 0.25) is 0 Å². The summed E-state index contributed by atoms with van der Waals surface area (Å²) < 4.78 is 0. The Morgan fingerprint density at radius 1 is 0.667 bits per heavy atom. The number of para-hydroxylation sites is 1. The fraction of sp³-hybridized carbons (Fsp3) is 0.167. The van der Waals surface area contributed by atoms with Gasteiger partial charge in [0.15, 0.2) is 0 Å². The summed E-state index contributed by atoms with van der Waals surface area (Å²) in [5.74, 6) is -0.189. The van der Waals surface area contributed by atoms with Gasteiger partial charge in [0.25, 0.3) is 0 Å². The van der Waals surface area contributed by atoms with Crippen molar-refractivity contribution in [3.8, 4) is 0 Å². The van der Waals surface area contributed by atoms with Crippen molar-refractivity contribution in [2.45, 2.75) is 18.3 Å². The summed E-state index contributed by atoms with van der Waals surface area (Å²) >= 11 is 0. The lowest BCUT2D eigenvalue weighted by atomic mass is 9.79. The summed E-state index contributed by atoms with van der Waals surface area (Å²) in [6.07, 6.45) is 0.923. The van der Waals surface area contributed by atoms with Crippen molar-refractivity contribution in [2.75, 3.05) is 4.90 Å². The summed E-state index contributed by atoms with van der Waals surface area (Å²) in [4.78, 5) is 27.8. The Bertz CT molecular complexity index is 975. The lowest BCUT2D eigenvalue weighted by Crippen LogP contribution is -2.33. The lowest BCUT2D eigenvalue weighted by Gasteiger charge is -2.23. The molecular weight excluding hydrogens is 334 g/mol. The summed E-state index contributed by atoms with van der Waals surface area (Å²) in [6.45, 7) is 0. The van der Waals surface area contributed by atoms with E-state index >= 15 is 0 Å². The van der Waals surface area contributed by atoms with E-state index in [-0.39, 0.29) is 18.2 Å². The first-order valence-corrected chi connectivity index (χ1v) is 9.23. The summed E-state index contributed by atoms with van der Waals surface area (Å²) in [6, 6.07) is 29.5. The predicted molar refractivity (Wildman–Crippen MR) is 104 cm³/mol. The van der Waals surface area contributed by atoms with Gasteiger partial charge < -0.3 is 0 Å². The Hall–Kier alpha value is -3.20. The van der Waals surface area contributed by atoms with E-state index in [1.165, 1.54) is 4.90 Å². The largest absolute Gasteiger partial charge is 0.274 e. The zero-order chi connectivity index (χ0) is 18.5. The fourth-order valence-corrected chi connectivity index (χ4v) is 4.83. The summed E-state index contributed by atoms with van der Waals surface area (Å²) in [7, 11) is 0. The average molecular weight is 353 g/mol. The molecule has 3 nitrogen and oxygen atoms in total. The van der Waals surface area contributed by atoms with Gasteiger partial charge in [0.2, 0.25) is 11.8 Å². The van der Waals surface area contributed by atoms with Crippen molar-refractivity contribution in [3.63, 3.8) is 0 Å². The third-order valence-electron chi connectivity index (χ3n) is 6.12. The number of rotatable bonds is 3. The van der Waals surface area contributed by atoms with Crippen LogP contribution in [0.25, 0.3) is 0 Å². The SMILES string of the molecule is O=C1CC2(CC2(c2ccccc2)c2ccccc2)C(=O)N1c1ccccc1. The first-order chi connectivity index (χ1) is 13.2. The molecule has 1 saturated carbocycles. The Kier molecular flexibility index (Phi) is 3.35. The first-order valence-electron chi connectivity index (χ1n) is 9.23. The monoisotopic (exact) mass is 353 g/mol. The highest BCUT2D eigenvalue weighted by molar-refractivity contribution is 6.24. The molecule has 3 aromatic carbocycles. The maximum absolute atomic E-state index is 13.6. The van der Waals surface area contributed by atoms with Crippen molar-refractivity contribution in [1.82, 2.24) is 0 Å². The van der Waals surface area contributed by atoms with Gasteiger partial charge in [0.05, 0.1) is 11.1 Å². The number of benzene rings is 3. The molecule has 0 N–H and O–H groups in total. The van der Waals surface area contributed by atoms with Crippen molar-refractivity contribution in [3.05, 3.63) is 102 Å². The molecule has 1 aliphatic carbocycles. The second kappa shape index (κ2) is 5.65. The average Bonchev–Trinajstić information content (AvgIpc) is 3.33. The van der Waals surface area contributed by atoms with E-state index in [0.29, 0.717) is 12.1 Å². The van der Waals surface area contributed by atoms with Crippen LogP contribution in [-0.4, -0.2) is 11.8 Å². The molecule has 132 valence electrons. The van der Waals surface area contributed by atoms with E-state index in [2.05, 4.69) is 24.3 Å². The predicted octanol–water partition coefficient (Wildman–Crippen LogP) is 4.33. The molecule has 1 heterocycles. The molecule has 1 spiro atoms. The molecule has 0 aromatic heterocycles. The number of hydrogen-bond acceptors (Lipinski definition) is 2. The molecule has 3 aromatic rings. The zero-order valence-corrected chi connectivity index (χ0v) is 14.8. The molecule has 1 saturated heterocycles. The molecule has 0 radical (unpaired) electrons. The van der Waals surface area contributed by atoms with Crippen LogP contribution >= 0.6 is 0 Å². The fourth-order valence-electron chi connectivity index (χ4n) is 4.83. The molecule has 3 heteroatoms. The number of anilines is 1. The van der Waals surface area contributed by atoms with Gasteiger partial charge in [-0.15, -0.1) is 0 Å². The highest BCUT2D eigenvalue weighted by atomic mass is 16.2. The van der Waals surface area contributed by atoms with Gasteiger partial charge >= 0.3 is 0 Å². The number of hydrogen-bond donors (Lipinski definition) is 0. The summed E-state index contributed by atoms with van der Waals surface area (Å²) in [5, 5.41) is 0. The molecular formula is C24H19NO2. The Balaban J connectivity index is 1.65. The molecule has 1 unspecified atom stereocenters.